The summed E-state index contributed by atoms with van der Waals surface area (Å²) in [5.41, 5.74) is 0.488. The van der Waals surface area contributed by atoms with Crippen molar-refractivity contribution in [2.45, 2.75) is 26.7 Å². The molecule has 0 fully saturated rings. The minimum atomic E-state index is -3.45. The molecular weight excluding hydrogens is 447 g/mol. The molecule has 7 nitrogen and oxygen atoms in total. The fourth-order valence-electron chi connectivity index (χ4n) is 2.09. The van der Waals surface area contributed by atoms with Crippen LogP contribution in [-0.4, -0.2) is 50.5 Å². The summed E-state index contributed by atoms with van der Waals surface area (Å²) in [6.45, 7) is 8.74. The quantitative estimate of drug-likeness (QED) is 0.0859. The molecule has 0 N–H and O–H groups in total. The number of phosphoric acid groups is 1. The maximum absolute atomic E-state index is 12.1. The molecule has 0 saturated heterocycles. The molecule has 0 aliphatic rings. The van der Waals surface area contributed by atoms with Crippen LogP contribution in [0.5, 0.6) is 5.75 Å². The van der Waals surface area contributed by atoms with Gasteiger partial charge in [0.05, 0.1) is 32.0 Å². The molecule has 0 saturated carbocycles. The summed E-state index contributed by atoms with van der Waals surface area (Å²) in [5.74, 6) is 1.92. The van der Waals surface area contributed by atoms with Crippen LogP contribution < -0.4 is 4.74 Å². The molecule has 30 heavy (non-hydrogen) atoms. The Hall–Kier alpha value is -0.960. The second-order valence-electron chi connectivity index (χ2n) is 5.73. The molecule has 0 amide bonds. The number of ether oxygens (including phenoxy) is 2. The van der Waals surface area contributed by atoms with Crippen LogP contribution in [0.1, 0.15) is 37.0 Å². The van der Waals surface area contributed by atoms with Crippen molar-refractivity contribution < 1.29 is 32.4 Å². The molecule has 0 heterocycles. The number of carbonyl (C=O) groups excluding carboxylic acids is 1. The van der Waals surface area contributed by atoms with E-state index in [1.807, 2.05) is 6.08 Å². The van der Waals surface area contributed by atoms with Gasteiger partial charge in [-0.15, -0.1) is 6.58 Å². The third-order valence-electron chi connectivity index (χ3n) is 3.39. The van der Waals surface area contributed by atoms with Crippen molar-refractivity contribution in [3.05, 3.63) is 42.5 Å². The van der Waals surface area contributed by atoms with Gasteiger partial charge in [-0.2, -0.15) is 0 Å². The van der Waals surface area contributed by atoms with E-state index in [4.69, 9.17) is 23.0 Å². The molecule has 0 bridgehead atoms. The Morgan fingerprint density at radius 3 is 2.30 bits per heavy atom. The van der Waals surface area contributed by atoms with Gasteiger partial charge in [-0.05, 0) is 51.0 Å². The summed E-state index contributed by atoms with van der Waals surface area (Å²) < 4.78 is 38.4. The van der Waals surface area contributed by atoms with E-state index in [0.29, 0.717) is 37.4 Å². The Labute approximate surface area is 187 Å². The molecule has 0 spiro atoms. The van der Waals surface area contributed by atoms with Crippen LogP contribution in [0.3, 0.4) is 0 Å². The first-order chi connectivity index (χ1) is 14.5. The third kappa shape index (κ3) is 12.0. The molecular formula is C20H31O7PS2. The van der Waals surface area contributed by atoms with Crippen LogP contribution in [0.4, 0.5) is 0 Å². The van der Waals surface area contributed by atoms with Gasteiger partial charge in [-0.1, -0.05) is 27.7 Å². The van der Waals surface area contributed by atoms with Crippen molar-refractivity contribution in [2.75, 3.05) is 44.5 Å². The van der Waals surface area contributed by atoms with Gasteiger partial charge >= 0.3 is 13.8 Å². The van der Waals surface area contributed by atoms with Crippen molar-refractivity contribution in [1.82, 2.24) is 0 Å². The lowest BCUT2D eigenvalue weighted by Gasteiger charge is -2.16. The Morgan fingerprint density at radius 2 is 1.67 bits per heavy atom. The van der Waals surface area contributed by atoms with Gasteiger partial charge in [-0.25, -0.2) is 9.36 Å². The van der Waals surface area contributed by atoms with E-state index in [1.54, 1.807) is 59.7 Å². The number of phosphoric ester groups is 1. The van der Waals surface area contributed by atoms with Crippen LogP contribution in [-0.2, 0) is 22.9 Å². The van der Waals surface area contributed by atoms with E-state index in [0.717, 1.165) is 11.5 Å². The van der Waals surface area contributed by atoms with E-state index in [2.05, 4.69) is 6.58 Å². The monoisotopic (exact) mass is 478 g/mol. The zero-order chi connectivity index (χ0) is 22.1. The van der Waals surface area contributed by atoms with Crippen LogP contribution >= 0.6 is 29.4 Å². The van der Waals surface area contributed by atoms with E-state index >= 15 is 0 Å². The minimum Gasteiger partial charge on any atom is -0.494 e. The van der Waals surface area contributed by atoms with Gasteiger partial charge in [0.15, 0.2) is 0 Å². The summed E-state index contributed by atoms with van der Waals surface area (Å²) in [7, 11) is -0.123. The van der Waals surface area contributed by atoms with Crippen LogP contribution in [0.25, 0.3) is 0 Å². The Morgan fingerprint density at radius 1 is 1.00 bits per heavy atom. The highest BCUT2D eigenvalue weighted by molar-refractivity contribution is 8.76. The van der Waals surface area contributed by atoms with Gasteiger partial charge in [0.2, 0.25) is 0 Å². The van der Waals surface area contributed by atoms with Crippen molar-refractivity contribution >= 4 is 35.4 Å². The number of esters is 1. The lowest BCUT2D eigenvalue weighted by atomic mass is 10.2. The number of rotatable bonds is 18. The zero-order valence-corrected chi connectivity index (χ0v) is 20.1. The summed E-state index contributed by atoms with van der Waals surface area (Å²) in [6.07, 6.45) is 3.20. The molecule has 0 radical (unpaired) electrons. The van der Waals surface area contributed by atoms with E-state index < -0.39 is 7.82 Å². The lowest BCUT2D eigenvalue weighted by molar-refractivity contribution is 0.0530. The Balaban J connectivity index is 2.21. The van der Waals surface area contributed by atoms with Gasteiger partial charge in [-0.3, -0.25) is 13.6 Å². The molecule has 10 heteroatoms. The molecule has 0 aliphatic carbocycles. The first-order valence-corrected chi connectivity index (χ1v) is 13.8. The highest BCUT2D eigenvalue weighted by Crippen LogP contribution is 2.49. The first-order valence-electron chi connectivity index (χ1n) is 9.83. The molecule has 0 aromatic heterocycles. The normalized spacial score (nSPS) is 11.3. The average molecular weight is 479 g/mol. The molecule has 170 valence electrons. The van der Waals surface area contributed by atoms with Gasteiger partial charge in [0.1, 0.15) is 12.4 Å². The Bertz CT molecular complexity index is 645. The van der Waals surface area contributed by atoms with Gasteiger partial charge < -0.3 is 9.47 Å². The molecule has 0 aliphatic heterocycles. The van der Waals surface area contributed by atoms with Gasteiger partial charge in [0, 0.05) is 11.5 Å². The molecule has 1 rings (SSSR count). The summed E-state index contributed by atoms with van der Waals surface area (Å²) >= 11 is 0. The standard InChI is InChI=1S/C20H31O7PS2/c1-4-16-29-30-17-15-24-20(21)18-9-11-19(12-10-18)23-13-7-8-14-27-28(22,25-5-2)26-6-3/h4,9-12H,1,5-8,13-17H2,2-3H3. The summed E-state index contributed by atoms with van der Waals surface area (Å²) in [6, 6.07) is 6.84. The second-order valence-corrected chi connectivity index (χ2v) is 10.0. The predicted molar refractivity (Wildman–Crippen MR) is 123 cm³/mol. The van der Waals surface area contributed by atoms with Crippen molar-refractivity contribution in [1.29, 1.82) is 0 Å². The first kappa shape index (κ1) is 27.1. The number of unbranched alkanes of at least 4 members (excludes halogenated alkanes) is 1. The fourth-order valence-corrected chi connectivity index (χ4v) is 4.90. The molecule has 1 aromatic rings. The number of hydrogen-bond acceptors (Lipinski definition) is 9. The van der Waals surface area contributed by atoms with Crippen molar-refractivity contribution in [3.63, 3.8) is 0 Å². The second kappa shape index (κ2) is 16.7. The topological polar surface area (TPSA) is 80.3 Å². The summed E-state index contributed by atoms with van der Waals surface area (Å²) in [4.78, 5) is 12.0. The number of hydrogen-bond donors (Lipinski definition) is 0. The highest BCUT2D eigenvalue weighted by Gasteiger charge is 2.24. The van der Waals surface area contributed by atoms with Crippen molar-refractivity contribution in [2.24, 2.45) is 0 Å². The molecule has 0 atom stereocenters. The lowest BCUT2D eigenvalue weighted by Crippen LogP contribution is -2.07. The summed E-state index contributed by atoms with van der Waals surface area (Å²) in [5, 5.41) is 0. The van der Waals surface area contributed by atoms with Crippen LogP contribution in [0, 0.1) is 0 Å². The third-order valence-corrected chi connectivity index (χ3v) is 7.32. The zero-order valence-electron chi connectivity index (χ0n) is 17.6. The maximum atomic E-state index is 12.1. The maximum Gasteiger partial charge on any atom is 0.474 e. The van der Waals surface area contributed by atoms with Crippen LogP contribution in [0.2, 0.25) is 0 Å². The predicted octanol–water partition coefficient (Wildman–Crippen LogP) is 5.77. The highest BCUT2D eigenvalue weighted by atomic mass is 33.1. The molecule has 0 unspecified atom stereocenters. The van der Waals surface area contributed by atoms with Crippen LogP contribution in [0.15, 0.2) is 36.9 Å². The largest absolute Gasteiger partial charge is 0.494 e. The van der Waals surface area contributed by atoms with Crippen molar-refractivity contribution in [3.8, 4) is 5.75 Å². The Kier molecular flexibility index (Phi) is 15.1. The van der Waals surface area contributed by atoms with Gasteiger partial charge in [0.25, 0.3) is 0 Å². The fraction of sp³-hybridized carbons (Fsp3) is 0.550. The van der Waals surface area contributed by atoms with E-state index in [-0.39, 0.29) is 25.8 Å². The average Bonchev–Trinajstić information content (AvgIpc) is 2.73. The van der Waals surface area contributed by atoms with E-state index in [9.17, 15) is 9.36 Å². The number of benzene rings is 1. The minimum absolute atomic E-state index is 0.260. The molecule has 1 aromatic carbocycles. The SMILES string of the molecule is C=CCSSCCOC(=O)c1ccc(OCCCCOP(=O)(OCC)OCC)cc1. The van der Waals surface area contributed by atoms with E-state index in [1.165, 1.54) is 0 Å². The number of carbonyl (C=O) groups is 1. The smallest absolute Gasteiger partial charge is 0.474 e.